The maximum atomic E-state index is 8.90. The van der Waals surface area contributed by atoms with E-state index in [2.05, 4.69) is 16.2 Å². The molecule has 1 aromatic carbocycles. The predicted octanol–water partition coefficient (Wildman–Crippen LogP) is -0.00812. The minimum atomic E-state index is 0.508. The third-order valence-corrected chi connectivity index (χ3v) is 2.05. The lowest BCUT2D eigenvalue weighted by Gasteiger charge is -2.04. The normalized spacial score (nSPS) is 9.80. The molecule has 0 aliphatic carbocycles. The van der Waals surface area contributed by atoms with Crippen LogP contribution in [-0.2, 0) is 6.54 Å². The first kappa shape index (κ1) is 9.47. The van der Waals surface area contributed by atoms with Crippen LogP contribution in [0.2, 0.25) is 0 Å². The maximum Gasteiger partial charge on any atom is 0.137 e. The van der Waals surface area contributed by atoms with Crippen LogP contribution < -0.4 is 5.46 Å². The summed E-state index contributed by atoms with van der Waals surface area (Å²) in [5, 5.41) is 12.9. The number of nitrogens with zero attached hydrogens (tertiary/aromatic N) is 4. The first-order valence-corrected chi connectivity index (χ1v) is 4.40. The van der Waals surface area contributed by atoms with Gasteiger partial charge in [0.1, 0.15) is 20.5 Å². The van der Waals surface area contributed by atoms with Gasteiger partial charge in [-0.05, 0) is 11.6 Å². The summed E-state index contributed by atoms with van der Waals surface area (Å²) in [6, 6.07) is 7.32. The molecule has 0 N–H and O–H groups in total. The van der Waals surface area contributed by atoms with Crippen molar-refractivity contribution >= 4 is 13.3 Å². The van der Waals surface area contributed by atoms with Gasteiger partial charge in [-0.2, -0.15) is 10.4 Å². The predicted molar refractivity (Wildman–Crippen MR) is 55.7 cm³/mol. The molecular weight excluding hydrogens is 187 g/mol. The molecule has 0 aliphatic heterocycles. The van der Waals surface area contributed by atoms with Crippen molar-refractivity contribution in [2.75, 3.05) is 0 Å². The summed E-state index contributed by atoms with van der Waals surface area (Å²) in [5.41, 5.74) is 2.10. The second-order valence-electron chi connectivity index (χ2n) is 3.12. The minimum absolute atomic E-state index is 0.508. The highest BCUT2D eigenvalue weighted by molar-refractivity contribution is 6.32. The molecule has 70 valence electrons. The summed E-state index contributed by atoms with van der Waals surface area (Å²) in [6.45, 7) is 0.508. The molecule has 0 aliphatic rings. The molecule has 0 unspecified atom stereocenters. The maximum absolute atomic E-state index is 8.90. The molecule has 2 radical (unpaired) electrons. The third-order valence-electron chi connectivity index (χ3n) is 2.05. The van der Waals surface area contributed by atoms with Gasteiger partial charge in [0.25, 0.3) is 0 Å². The molecule has 15 heavy (non-hydrogen) atoms. The van der Waals surface area contributed by atoms with Crippen molar-refractivity contribution < 1.29 is 0 Å². The van der Waals surface area contributed by atoms with Crippen molar-refractivity contribution in [2.24, 2.45) is 0 Å². The first-order chi connectivity index (χ1) is 7.29. The molecule has 0 saturated carbocycles. The Morgan fingerprint density at radius 2 is 2.33 bits per heavy atom. The number of rotatable bonds is 2. The summed E-state index contributed by atoms with van der Waals surface area (Å²) in [7, 11) is 5.66. The monoisotopic (exact) mass is 194 g/mol. The molecule has 2 rings (SSSR count). The van der Waals surface area contributed by atoms with E-state index in [1.807, 2.05) is 0 Å². The highest BCUT2D eigenvalue weighted by atomic mass is 15.3. The van der Waals surface area contributed by atoms with Gasteiger partial charge < -0.3 is 0 Å². The van der Waals surface area contributed by atoms with Crippen molar-refractivity contribution in [1.29, 1.82) is 5.26 Å². The van der Waals surface area contributed by atoms with Gasteiger partial charge in [0, 0.05) is 0 Å². The quantitative estimate of drug-likeness (QED) is 0.631. The van der Waals surface area contributed by atoms with E-state index < -0.39 is 0 Å². The second-order valence-corrected chi connectivity index (χ2v) is 3.12. The van der Waals surface area contributed by atoms with Gasteiger partial charge in [0.05, 0.1) is 18.2 Å². The van der Waals surface area contributed by atoms with Gasteiger partial charge in [0.15, 0.2) is 0 Å². The zero-order valence-corrected chi connectivity index (χ0v) is 7.96. The fourth-order valence-corrected chi connectivity index (χ4v) is 1.34. The van der Waals surface area contributed by atoms with Crippen LogP contribution in [0.4, 0.5) is 0 Å². The summed E-state index contributed by atoms with van der Waals surface area (Å²) < 4.78 is 1.65. The molecular formula is C10H7BN4. The fraction of sp³-hybridized carbons (Fsp3) is 0.100. The molecule has 0 amide bonds. The van der Waals surface area contributed by atoms with Gasteiger partial charge in [-0.15, -0.1) is 0 Å². The highest BCUT2D eigenvalue weighted by Gasteiger charge is 2.03. The second kappa shape index (κ2) is 3.97. The number of benzene rings is 1. The fourth-order valence-electron chi connectivity index (χ4n) is 1.34. The Balaban J connectivity index is 2.35. The van der Waals surface area contributed by atoms with Gasteiger partial charge >= 0.3 is 0 Å². The Morgan fingerprint density at radius 3 is 3.00 bits per heavy atom. The third kappa shape index (κ3) is 2.05. The molecule has 1 aromatic heterocycles. The van der Waals surface area contributed by atoms with Crippen molar-refractivity contribution in [1.82, 2.24) is 14.8 Å². The lowest BCUT2D eigenvalue weighted by molar-refractivity contribution is 0.684. The number of aromatic nitrogens is 3. The van der Waals surface area contributed by atoms with Crippen molar-refractivity contribution in [3.63, 3.8) is 0 Å². The molecule has 1 heterocycles. The van der Waals surface area contributed by atoms with E-state index >= 15 is 0 Å². The highest BCUT2D eigenvalue weighted by Crippen LogP contribution is 2.06. The van der Waals surface area contributed by atoms with E-state index in [1.54, 1.807) is 29.2 Å². The Morgan fingerprint density at radius 1 is 1.47 bits per heavy atom. The SMILES string of the molecule is [B]c1ccc(C#N)c(Cn2cncn2)c1. The summed E-state index contributed by atoms with van der Waals surface area (Å²) in [4.78, 5) is 3.83. The molecule has 4 nitrogen and oxygen atoms in total. The Kier molecular flexibility index (Phi) is 2.50. The summed E-state index contributed by atoms with van der Waals surface area (Å²) in [5.74, 6) is 0. The summed E-state index contributed by atoms with van der Waals surface area (Å²) >= 11 is 0. The van der Waals surface area contributed by atoms with Crippen LogP contribution in [0, 0.1) is 11.3 Å². The van der Waals surface area contributed by atoms with E-state index in [1.165, 1.54) is 6.33 Å². The molecule has 0 atom stereocenters. The van der Waals surface area contributed by atoms with Gasteiger partial charge in [-0.25, -0.2) is 9.67 Å². The van der Waals surface area contributed by atoms with Crippen molar-refractivity contribution in [2.45, 2.75) is 6.54 Å². The standard InChI is InChI=1S/C10H7BN4/c11-10-2-1-8(4-12)9(3-10)5-15-7-13-6-14-15/h1-3,6-7H,5H2. The average Bonchev–Trinajstić information content (AvgIpc) is 2.71. The van der Waals surface area contributed by atoms with Crippen LogP contribution in [0.25, 0.3) is 0 Å². The van der Waals surface area contributed by atoms with Crippen LogP contribution in [-0.4, -0.2) is 22.6 Å². The molecule has 0 spiro atoms. The smallest absolute Gasteiger partial charge is 0.137 e. The van der Waals surface area contributed by atoms with Gasteiger partial charge in [-0.1, -0.05) is 17.6 Å². The summed E-state index contributed by atoms with van der Waals surface area (Å²) in [6.07, 6.45) is 3.06. The van der Waals surface area contributed by atoms with Crippen LogP contribution in [0.3, 0.4) is 0 Å². The Hall–Kier alpha value is -2.09. The largest absolute Gasteiger partial charge is 0.249 e. The molecule has 0 saturated heterocycles. The first-order valence-electron chi connectivity index (χ1n) is 4.40. The van der Waals surface area contributed by atoms with Crippen molar-refractivity contribution in [3.8, 4) is 6.07 Å². The minimum Gasteiger partial charge on any atom is -0.249 e. The molecule has 0 bridgehead atoms. The zero-order chi connectivity index (χ0) is 10.7. The van der Waals surface area contributed by atoms with E-state index in [4.69, 9.17) is 13.1 Å². The van der Waals surface area contributed by atoms with E-state index in [0.717, 1.165) is 5.56 Å². The number of nitriles is 1. The number of hydrogen-bond donors (Lipinski definition) is 0. The average molecular weight is 194 g/mol. The topological polar surface area (TPSA) is 54.5 Å². The molecule has 2 aromatic rings. The zero-order valence-electron chi connectivity index (χ0n) is 7.96. The molecule has 0 fully saturated rings. The van der Waals surface area contributed by atoms with Crippen LogP contribution >= 0.6 is 0 Å². The molecule has 5 heteroatoms. The van der Waals surface area contributed by atoms with Crippen LogP contribution in [0.15, 0.2) is 30.9 Å². The lowest BCUT2D eigenvalue weighted by atomic mass is 9.92. The van der Waals surface area contributed by atoms with Crippen LogP contribution in [0.5, 0.6) is 0 Å². The van der Waals surface area contributed by atoms with Gasteiger partial charge in [-0.3, -0.25) is 0 Å². The number of hydrogen-bond acceptors (Lipinski definition) is 3. The van der Waals surface area contributed by atoms with E-state index in [-0.39, 0.29) is 0 Å². The van der Waals surface area contributed by atoms with Gasteiger partial charge in [0.2, 0.25) is 0 Å². The van der Waals surface area contributed by atoms with Crippen LogP contribution in [0.1, 0.15) is 11.1 Å². The lowest BCUT2D eigenvalue weighted by Crippen LogP contribution is -2.08. The Bertz CT molecular complexity index is 499. The van der Waals surface area contributed by atoms with E-state index in [9.17, 15) is 0 Å². The Labute approximate surface area is 88.6 Å². The van der Waals surface area contributed by atoms with E-state index in [0.29, 0.717) is 17.6 Å². The van der Waals surface area contributed by atoms with Crippen molar-refractivity contribution in [3.05, 3.63) is 42.0 Å².